The number of anilines is 1. The summed E-state index contributed by atoms with van der Waals surface area (Å²) in [6, 6.07) is 0. The van der Waals surface area contributed by atoms with Crippen LogP contribution in [-0.2, 0) is 0 Å². The zero-order chi connectivity index (χ0) is 11.3. The van der Waals surface area contributed by atoms with Crippen molar-refractivity contribution in [3.8, 4) is 0 Å². The summed E-state index contributed by atoms with van der Waals surface area (Å²) >= 11 is 0. The monoisotopic (exact) mass is 214 g/mol. The van der Waals surface area contributed by atoms with E-state index in [0.717, 1.165) is 12.4 Å². The molecule has 0 radical (unpaired) electrons. The molecule has 1 unspecified atom stereocenters. The number of hydrogen-bond donors (Lipinski definition) is 3. The Hall–Kier alpha value is -1.80. The zero-order valence-corrected chi connectivity index (χ0v) is 7.70. The molecule has 1 aromatic heterocycles. The first kappa shape index (κ1) is 11.3. The van der Waals surface area contributed by atoms with Gasteiger partial charge in [-0.15, -0.1) is 0 Å². The van der Waals surface area contributed by atoms with Crippen molar-refractivity contribution in [3.63, 3.8) is 0 Å². The SMILES string of the molecule is O=[N+]([O-])c1cnc(NCC(O)CO)nc1. The molecule has 1 atom stereocenters. The quantitative estimate of drug-likeness (QED) is 0.431. The van der Waals surface area contributed by atoms with E-state index in [2.05, 4.69) is 15.3 Å². The number of nitro groups is 1. The highest BCUT2D eigenvalue weighted by Crippen LogP contribution is 2.07. The Balaban J connectivity index is 2.53. The Bertz CT molecular complexity index is 328. The number of aliphatic hydroxyl groups is 2. The van der Waals surface area contributed by atoms with E-state index >= 15 is 0 Å². The van der Waals surface area contributed by atoms with E-state index in [9.17, 15) is 10.1 Å². The molecule has 0 aromatic carbocycles. The molecule has 82 valence electrons. The van der Waals surface area contributed by atoms with Crippen LogP contribution in [0.15, 0.2) is 12.4 Å². The minimum atomic E-state index is -0.913. The van der Waals surface area contributed by atoms with Crippen LogP contribution < -0.4 is 5.32 Å². The molecule has 0 amide bonds. The van der Waals surface area contributed by atoms with Crippen LogP contribution in [0.2, 0.25) is 0 Å². The van der Waals surface area contributed by atoms with Crippen LogP contribution in [0.5, 0.6) is 0 Å². The van der Waals surface area contributed by atoms with Gasteiger partial charge in [0.15, 0.2) is 0 Å². The molecular weight excluding hydrogens is 204 g/mol. The first-order valence-corrected chi connectivity index (χ1v) is 4.12. The van der Waals surface area contributed by atoms with Crippen molar-refractivity contribution in [1.82, 2.24) is 9.97 Å². The fraction of sp³-hybridized carbons (Fsp3) is 0.429. The Morgan fingerprint density at radius 2 is 2.13 bits per heavy atom. The number of aromatic nitrogens is 2. The molecule has 1 heterocycles. The third-order valence-corrected chi connectivity index (χ3v) is 1.56. The molecule has 15 heavy (non-hydrogen) atoms. The number of rotatable bonds is 5. The second-order valence-corrected chi connectivity index (χ2v) is 2.74. The summed E-state index contributed by atoms with van der Waals surface area (Å²) < 4.78 is 0. The van der Waals surface area contributed by atoms with Crippen molar-refractivity contribution in [2.24, 2.45) is 0 Å². The summed E-state index contributed by atoms with van der Waals surface area (Å²) in [5.41, 5.74) is -0.205. The molecule has 1 aromatic rings. The smallest absolute Gasteiger partial charge is 0.305 e. The van der Waals surface area contributed by atoms with Gasteiger partial charge in [0.25, 0.3) is 0 Å². The first-order chi connectivity index (χ1) is 7.13. The van der Waals surface area contributed by atoms with Crippen LogP contribution in [0.1, 0.15) is 0 Å². The maximum absolute atomic E-state index is 10.3. The molecule has 1 rings (SSSR count). The van der Waals surface area contributed by atoms with Crippen LogP contribution in [0, 0.1) is 10.1 Å². The van der Waals surface area contributed by atoms with Gasteiger partial charge in [-0.1, -0.05) is 0 Å². The highest BCUT2D eigenvalue weighted by Gasteiger charge is 2.07. The van der Waals surface area contributed by atoms with Gasteiger partial charge in [0.2, 0.25) is 5.95 Å². The predicted octanol–water partition coefficient (Wildman–Crippen LogP) is -0.850. The van der Waals surface area contributed by atoms with E-state index in [-0.39, 0.29) is 24.8 Å². The maximum Gasteiger partial charge on any atom is 0.305 e. The summed E-state index contributed by atoms with van der Waals surface area (Å²) in [5.74, 6) is 0.160. The molecule has 3 N–H and O–H groups in total. The molecule has 0 aliphatic heterocycles. The Labute approximate surface area is 84.8 Å². The Kier molecular flexibility index (Phi) is 3.89. The van der Waals surface area contributed by atoms with Crippen molar-refractivity contribution in [2.45, 2.75) is 6.10 Å². The van der Waals surface area contributed by atoms with Crippen molar-refractivity contribution in [3.05, 3.63) is 22.5 Å². The van der Waals surface area contributed by atoms with Gasteiger partial charge in [-0.05, 0) is 0 Å². The highest BCUT2D eigenvalue weighted by atomic mass is 16.6. The lowest BCUT2D eigenvalue weighted by atomic mass is 10.4. The molecule has 0 aliphatic rings. The third-order valence-electron chi connectivity index (χ3n) is 1.56. The minimum absolute atomic E-state index is 0.0777. The van der Waals surface area contributed by atoms with E-state index in [1.165, 1.54) is 0 Å². The fourth-order valence-electron chi connectivity index (χ4n) is 0.780. The van der Waals surface area contributed by atoms with Gasteiger partial charge < -0.3 is 15.5 Å². The molecule has 0 bridgehead atoms. The molecule has 0 fully saturated rings. The summed E-state index contributed by atoms with van der Waals surface area (Å²) in [7, 11) is 0. The maximum atomic E-state index is 10.3. The molecule has 8 heteroatoms. The van der Waals surface area contributed by atoms with Crippen LogP contribution in [0.4, 0.5) is 11.6 Å². The van der Waals surface area contributed by atoms with Gasteiger partial charge in [0.05, 0.1) is 17.6 Å². The van der Waals surface area contributed by atoms with Gasteiger partial charge in [-0.3, -0.25) is 10.1 Å². The molecule has 8 nitrogen and oxygen atoms in total. The minimum Gasteiger partial charge on any atom is -0.394 e. The van der Waals surface area contributed by atoms with E-state index in [1.54, 1.807) is 0 Å². The zero-order valence-electron chi connectivity index (χ0n) is 7.70. The van der Waals surface area contributed by atoms with E-state index < -0.39 is 11.0 Å². The number of aliphatic hydroxyl groups excluding tert-OH is 2. The summed E-state index contributed by atoms with van der Waals surface area (Å²) in [6.45, 7) is -0.297. The topological polar surface area (TPSA) is 121 Å². The average Bonchev–Trinajstić information content (AvgIpc) is 2.26. The average molecular weight is 214 g/mol. The van der Waals surface area contributed by atoms with Crippen LogP contribution in [0.25, 0.3) is 0 Å². The van der Waals surface area contributed by atoms with Crippen LogP contribution in [-0.4, -0.2) is 44.4 Å². The van der Waals surface area contributed by atoms with Gasteiger partial charge in [0.1, 0.15) is 12.4 Å². The van der Waals surface area contributed by atoms with E-state index in [1.807, 2.05) is 0 Å². The van der Waals surface area contributed by atoms with Gasteiger partial charge in [0, 0.05) is 6.54 Å². The molecule has 0 saturated heterocycles. The second-order valence-electron chi connectivity index (χ2n) is 2.74. The molecule has 0 spiro atoms. The summed E-state index contributed by atoms with van der Waals surface area (Å²) in [5, 5.41) is 30.4. The van der Waals surface area contributed by atoms with Gasteiger partial charge >= 0.3 is 5.69 Å². The van der Waals surface area contributed by atoms with Crippen molar-refractivity contribution in [1.29, 1.82) is 0 Å². The molecule has 0 saturated carbocycles. The molecular formula is C7H10N4O4. The first-order valence-electron chi connectivity index (χ1n) is 4.12. The highest BCUT2D eigenvalue weighted by molar-refractivity contribution is 5.30. The third kappa shape index (κ3) is 3.44. The lowest BCUT2D eigenvalue weighted by Gasteiger charge is -2.07. The lowest BCUT2D eigenvalue weighted by Crippen LogP contribution is -2.23. The van der Waals surface area contributed by atoms with Crippen molar-refractivity contribution < 1.29 is 15.1 Å². The van der Waals surface area contributed by atoms with Gasteiger partial charge in [-0.25, -0.2) is 9.97 Å². The number of nitrogens with one attached hydrogen (secondary N) is 1. The Morgan fingerprint density at radius 1 is 1.53 bits per heavy atom. The van der Waals surface area contributed by atoms with E-state index in [4.69, 9.17) is 10.2 Å². The van der Waals surface area contributed by atoms with E-state index in [0.29, 0.717) is 0 Å². The summed E-state index contributed by atoms with van der Waals surface area (Å²) in [6.07, 6.45) is 1.20. The van der Waals surface area contributed by atoms with Crippen molar-refractivity contribution in [2.75, 3.05) is 18.5 Å². The van der Waals surface area contributed by atoms with Crippen molar-refractivity contribution >= 4 is 11.6 Å². The standard InChI is InChI=1S/C7H10N4O4/c12-4-6(13)3-10-7-8-1-5(2-9-7)11(14)15/h1-2,6,12-13H,3-4H2,(H,8,9,10). The Morgan fingerprint density at radius 3 is 2.60 bits per heavy atom. The largest absolute Gasteiger partial charge is 0.394 e. The number of nitrogens with zero attached hydrogens (tertiary/aromatic N) is 3. The lowest BCUT2D eigenvalue weighted by molar-refractivity contribution is -0.385. The van der Waals surface area contributed by atoms with Crippen LogP contribution >= 0.6 is 0 Å². The van der Waals surface area contributed by atoms with Gasteiger partial charge in [-0.2, -0.15) is 0 Å². The number of hydrogen-bond acceptors (Lipinski definition) is 7. The van der Waals surface area contributed by atoms with Crippen LogP contribution in [0.3, 0.4) is 0 Å². The normalized spacial score (nSPS) is 12.1. The molecule has 0 aliphatic carbocycles. The predicted molar refractivity (Wildman–Crippen MR) is 50.3 cm³/mol. The second kappa shape index (κ2) is 5.17. The summed E-state index contributed by atoms with van der Waals surface area (Å²) in [4.78, 5) is 17.0. The fourth-order valence-corrected chi connectivity index (χ4v) is 0.780.